The van der Waals surface area contributed by atoms with Crippen LogP contribution in [0.5, 0.6) is 0 Å². The highest BCUT2D eigenvalue weighted by molar-refractivity contribution is 5.40. The first-order valence-electron chi connectivity index (χ1n) is 5.61. The van der Waals surface area contributed by atoms with Gasteiger partial charge in [-0.25, -0.2) is 0 Å². The van der Waals surface area contributed by atoms with Crippen molar-refractivity contribution in [1.29, 1.82) is 0 Å². The third kappa shape index (κ3) is 2.47. The first-order valence-corrected chi connectivity index (χ1v) is 5.61. The number of aromatic nitrogens is 2. The molecular weight excluding hydrogens is 214 g/mol. The molecular formula is C13H17N3O. The summed E-state index contributed by atoms with van der Waals surface area (Å²) in [6.07, 6.45) is 1.51. The molecule has 1 aromatic carbocycles. The van der Waals surface area contributed by atoms with Crippen LogP contribution in [-0.4, -0.2) is 15.3 Å². The first-order chi connectivity index (χ1) is 8.08. The molecule has 2 rings (SSSR count). The van der Waals surface area contributed by atoms with Crippen LogP contribution in [0.25, 0.3) is 0 Å². The zero-order valence-electron chi connectivity index (χ0n) is 10.1. The van der Waals surface area contributed by atoms with E-state index in [2.05, 4.69) is 28.4 Å². The summed E-state index contributed by atoms with van der Waals surface area (Å²) in [5, 5.41) is 16.6. The predicted molar refractivity (Wildman–Crippen MR) is 67.6 cm³/mol. The standard InChI is InChI=1S/C13H17N3O/c1-8-3-4-9(2)10(5-8)6-12(17)11-7-15-16-13(11)14/h3-5,7,12,17H,6H2,1-2H3,(H3,14,15,16). The number of hydrogen-bond acceptors (Lipinski definition) is 3. The minimum absolute atomic E-state index is 0.433. The summed E-state index contributed by atoms with van der Waals surface area (Å²) >= 11 is 0. The molecule has 4 heteroatoms. The van der Waals surface area contributed by atoms with Gasteiger partial charge in [0.2, 0.25) is 0 Å². The van der Waals surface area contributed by atoms with Gasteiger partial charge in [-0.05, 0) is 25.0 Å². The number of nitrogens with two attached hydrogens (primary N) is 1. The van der Waals surface area contributed by atoms with Crippen LogP contribution in [0, 0.1) is 13.8 Å². The molecule has 0 amide bonds. The molecule has 0 aliphatic heterocycles. The van der Waals surface area contributed by atoms with Crippen LogP contribution < -0.4 is 5.73 Å². The molecule has 17 heavy (non-hydrogen) atoms. The topological polar surface area (TPSA) is 74.9 Å². The second-order valence-electron chi connectivity index (χ2n) is 4.39. The Kier molecular flexibility index (Phi) is 3.15. The van der Waals surface area contributed by atoms with E-state index < -0.39 is 6.10 Å². The molecule has 0 spiro atoms. The monoisotopic (exact) mass is 231 g/mol. The summed E-state index contributed by atoms with van der Waals surface area (Å²) < 4.78 is 0. The number of anilines is 1. The van der Waals surface area contributed by atoms with Crippen LogP contribution in [0.15, 0.2) is 24.4 Å². The van der Waals surface area contributed by atoms with Crippen LogP contribution >= 0.6 is 0 Å². The van der Waals surface area contributed by atoms with Crippen molar-refractivity contribution in [3.05, 3.63) is 46.6 Å². The summed E-state index contributed by atoms with van der Waals surface area (Å²) in [6.45, 7) is 4.09. The van der Waals surface area contributed by atoms with E-state index in [1.54, 1.807) is 6.20 Å². The molecule has 0 fully saturated rings. The molecule has 0 saturated heterocycles. The number of rotatable bonds is 3. The summed E-state index contributed by atoms with van der Waals surface area (Å²) in [5.74, 6) is 0.433. The zero-order chi connectivity index (χ0) is 12.4. The van der Waals surface area contributed by atoms with E-state index in [1.807, 2.05) is 13.8 Å². The fourth-order valence-electron chi connectivity index (χ4n) is 1.91. The zero-order valence-corrected chi connectivity index (χ0v) is 10.1. The lowest BCUT2D eigenvalue weighted by molar-refractivity contribution is 0.179. The normalized spacial score (nSPS) is 12.6. The van der Waals surface area contributed by atoms with Crippen molar-refractivity contribution in [2.24, 2.45) is 0 Å². The van der Waals surface area contributed by atoms with E-state index in [0.717, 1.165) is 5.56 Å². The summed E-state index contributed by atoms with van der Waals surface area (Å²) in [7, 11) is 0. The van der Waals surface area contributed by atoms with Crippen molar-refractivity contribution in [3.63, 3.8) is 0 Å². The van der Waals surface area contributed by atoms with E-state index in [4.69, 9.17) is 5.73 Å². The van der Waals surface area contributed by atoms with Gasteiger partial charge in [-0.15, -0.1) is 0 Å². The molecule has 0 aliphatic rings. The van der Waals surface area contributed by atoms with Crippen molar-refractivity contribution >= 4 is 5.82 Å². The van der Waals surface area contributed by atoms with Crippen molar-refractivity contribution in [3.8, 4) is 0 Å². The molecule has 0 aliphatic carbocycles. The molecule has 2 aromatic rings. The summed E-state index contributed by atoms with van der Waals surface area (Å²) in [5.41, 5.74) is 9.85. The lowest BCUT2D eigenvalue weighted by Crippen LogP contribution is -2.05. The number of nitrogens with one attached hydrogen (secondary N) is 1. The van der Waals surface area contributed by atoms with E-state index in [-0.39, 0.29) is 0 Å². The maximum atomic E-state index is 10.1. The van der Waals surface area contributed by atoms with Crippen LogP contribution in [0.3, 0.4) is 0 Å². The van der Waals surface area contributed by atoms with Gasteiger partial charge in [0.15, 0.2) is 0 Å². The van der Waals surface area contributed by atoms with Gasteiger partial charge < -0.3 is 10.8 Å². The van der Waals surface area contributed by atoms with Gasteiger partial charge in [-0.1, -0.05) is 23.8 Å². The number of benzene rings is 1. The van der Waals surface area contributed by atoms with E-state index in [1.165, 1.54) is 11.1 Å². The Hall–Kier alpha value is -1.81. The highest BCUT2D eigenvalue weighted by atomic mass is 16.3. The number of aromatic amines is 1. The van der Waals surface area contributed by atoms with Gasteiger partial charge in [0.25, 0.3) is 0 Å². The Morgan fingerprint density at radius 2 is 2.18 bits per heavy atom. The molecule has 1 heterocycles. The maximum absolute atomic E-state index is 10.1. The fourth-order valence-corrected chi connectivity index (χ4v) is 1.91. The van der Waals surface area contributed by atoms with E-state index in [9.17, 15) is 5.11 Å². The molecule has 0 bridgehead atoms. The average molecular weight is 231 g/mol. The number of aryl methyl sites for hydroxylation is 2. The first kappa shape index (κ1) is 11.7. The predicted octanol–water partition coefficient (Wildman–Crippen LogP) is 1.88. The highest BCUT2D eigenvalue weighted by Crippen LogP contribution is 2.23. The SMILES string of the molecule is Cc1ccc(C)c(CC(O)c2cn[nH]c2N)c1. The fraction of sp³-hybridized carbons (Fsp3) is 0.308. The Bertz CT molecular complexity index is 519. The quantitative estimate of drug-likeness (QED) is 0.755. The Morgan fingerprint density at radius 3 is 2.82 bits per heavy atom. The minimum atomic E-state index is -0.616. The summed E-state index contributed by atoms with van der Waals surface area (Å²) in [4.78, 5) is 0. The maximum Gasteiger partial charge on any atom is 0.124 e. The summed E-state index contributed by atoms with van der Waals surface area (Å²) in [6, 6.07) is 6.22. The van der Waals surface area contributed by atoms with Crippen LogP contribution in [0.1, 0.15) is 28.4 Å². The minimum Gasteiger partial charge on any atom is -0.388 e. The average Bonchev–Trinajstić information content (AvgIpc) is 2.70. The third-order valence-corrected chi connectivity index (χ3v) is 2.98. The van der Waals surface area contributed by atoms with Gasteiger partial charge in [-0.3, -0.25) is 5.10 Å². The third-order valence-electron chi connectivity index (χ3n) is 2.98. The van der Waals surface area contributed by atoms with Gasteiger partial charge in [-0.2, -0.15) is 5.10 Å². The molecule has 0 radical (unpaired) electrons. The highest BCUT2D eigenvalue weighted by Gasteiger charge is 2.14. The van der Waals surface area contributed by atoms with Gasteiger partial charge in [0.1, 0.15) is 5.82 Å². The number of nitrogens with zero attached hydrogens (tertiary/aromatic N) is 1. The number of hydrogen-bond donors (Lipinski definition) is 3. The number of H-pyrrole nitrogens is 1. The lowest BCUT2D eigenvalue weighted by Gasteiger charge is -2.12. The molecule has 1 atom stereocenters. The second-order valence-corrected chi connectivity index (χ2v) is 4.39. The van der Waals surface area contributed by atoms with Gasteiger partial charge in [0.05, 0.1) is 12.3 Å². The number of aliphatic hydroxyl groups is 1. The molecule has 4 nitrogen and oxygen atoms in total. The molecule has 0 saturated carbocycles. The van der Waals surface area contributed by atoms with Crippen LogP contribution in [-0.2, 0) is 6.42 Å². The van der Waals surface area contributed by atoms with Crippen molar-refractivity contribution in [2.45, 2.75) is 26.4 Å². The molecule has 4 N–H and O–H groups in total. The van der Waals surface area contributed by atoms with E-state index in [0.29, 0.717) is 17.8 Å². The largest absolute Gasteiger partial charge is 0.388 e. The van der Waals surface area contributed by atoms with Gasteiger partial charge >= 0.3 is 0 Å². The Morgan fingerprint density at radius 1 is 1.41 bits per heavy atom. The molecule has 1 aromatic heterocycles. The number of nitrogen functional groups attached to an aromatic ring is 1. The van der Waals surface area contributed by atoms with Crippen molar-refractivity contribution in [2.75, 3.05) is 5.73 Å². The van der Waals surface area contributed by atoms with Crippen molar-refractivity contribution < 1.29 is 5.11 Å². The smallest absolute Gasteiger partial charge is 0.124 e. The second kappa shape index (κ2) is 4.59. The number of aliphatic hydroxyl groups excluding tert-OH is 1. The Labute approximate surface area is 100 Å². The van der Waals surface area contributed by atoms with Gasteiger partial charge in [0, 0.05) is 12.0 Å². The molecule has 1 unspecified atom stereocenters. The van der Waals surface area contributed by atoms with Crippen LogP contribution in [0.2, 0.25) is 0 Å². The van der Waals surface area contributed by atoms with Crippen LogP contribution in [0.4, 0.5) is 5.82 Å². The van der Waals surface area contributed by atoms with E-state index >= 15 is 0 Å². The molecule has 90 valence electrons. The van der Waals surface area contributed by atoms with Crippen molar-refractivity contribution in [1.82, 2.24) is 10.2 Å². The lowest BCUT2D eigenvalue weighted by atomic mass is 9.98. The Balaban J connectivity index is 2.21.